The van der Waals surface area contributed by atoms with Crippen LogP contribution in [0, 0.1) is 0 Å². The van der Waals surface area contributed by atoms with Crippen molar-refractivity contribution in [2.24, 2.45) is 0 Å². The molecule has 0 spiro atoms. The van der Waals surface area contributed by atoms with E-state index in [0.717, 1.165) is 29.4 Å². The van der Waals surface area contributed by atoms with Crippen LogP contribution in [0.5, 0.6) is 5.75 Å². The SMILES string of the molecule is COc1ccc2cc(CN(Cc3ccccc3)C(=S)NCCc3ccccc3)c(=O)[nH]c2c1. The van der Waals surface area contributed by atoms with Crippen LogP contribution in [0.3, 0.4) is 0 Å². The highest BCUT2D eigenvalue weighted by Gasteiger charge is 2.14. The number of H-pyrrole nitrogens is 1. The minimum absolute atomic E-state index is 0.124. The minimum Gasteiger partial charge on any atom is -0.497 e. The Morgan fingerprint density at radius 3 is 2.33 bits per heavy atom. The van der Waals surface area contributed by atoms with Crippen molar-refractivity contribution >= 4 is 28.2 Å². The fourth-order valence-corrected chi connectivity index (χ4v) is 3.98. The molecule has 5 nitrogen and oxygen atoms in total. The molecule has 4 aromatic rings. The largest absolute Gasteiger partial charge is 0.497 e. The van der Waals surface area contributed by atoms with Crippen molar-refractivity contribution in [3.8, 4) is 5.75 Å². The van der Waals surface area contributed by atoms with Crippen LogP contribution in [0.2, 0.25) is 0 Å². The third-order valence-corrected chi connectivity index (χ3v) is 5.93. The number of aromatic amines is 1. The van der Waals surface area contributed by atoms with Crippen LogP contribution < -0.4 is 15.6 Å². The molecule has 4 rings (SSSR count). The Morgan fingerprint density at radius 2 is 1.64 bits per heavy atom. The summed E-state index contributed by atoms with van der Waals surface area (Å²) in [6, 6.07) is 28.1. The number of hydrogen-bond donors (Lipinski definition) is 2. The molecule has 0 fully saturated rings. The van der Waals surface area contributed by atoms with Crippen LogP contribution in [0.4, 0.5) is 0 Å². The van der Waals surface area contributed by atoms with Crippen molar-refractivity contribution < 1.29 is 4.74 Å². The zero-order chi connectivity index (χ0) is 23.0. The molecule has 0 atom stereocenters. The second-order valence-electron chi connectivity index (χ2n) is 7.89. The third kappa shape index (κ3) is 5.99. The van der Waals surface area contributed by atoms with E-state index in [2.05, 4.69) is 34.6 Å². The molecule has 0 aliphatic heterocycles. The van der Waals surface area contributed by atoms with Gasteiger partial charge in [-0.3, -0.25) is 4.79 Å². The number of benzene rings is 3. The quantitative estimate of drug-likeness (QED) is 0.377. The highest BCUT2D eigenvalue weighted by Crippen LogP contribution is 2.19. The van der Waals surface area contributed by atoms with E-state index >= 15 is 0 Å². The van der Waals surface area contributed by atoms with Crippen molar-refractivity contribution in [2.45, 2.75) is 19.5 Å². The first-order valence-electron chi connectivity index (χ1n) is 10.9. The van der Waals surface area contributed by atoms with Gasteiger partial charge in [0.25, 0.3) is 5.56 Å². The van der Waals surface area contributed by atoms with E-state index in [9.17, 15) is 4.79 Å². The summed E-state index contributed by atoms with van der Waals surface area (Å²) in [6.07, 6.45) is 0.874. The van der Waals surface area contributed by atoms with E-state index in [0.29, 0.717) is 29.5 Å². The number of ether oxygens (including phenoxy) is 1. The van der Waals surface area contributed by atoms with E-state index < -0.39 is 0 Å². The summed E-state index contributed by atoms with van der Waals surface area (Å²) in [4.78, 5) is 17.9. The molecule has 33 heavy (non-hydrogen) atoms. The fraction of sp³-hybridized carbons (Fsp3) is 0.185. The number of aromatic nitrogens is 1. The van der Waals surface area contributed by atoms with Crippen LogP contribution in [0.15, 0.2) is 89.7 Å². The predicted octanol–water partition coefficient (Wildman–Crippen LogP) is 4.66. The molecule has 6 heteroatoms. The maximum Gasteiger partial charge on any atom is 0.253 e. The van der Waals surface area contributed by atoms with Gasteiger partial charge >= 0.3 is 0 Å². The molecule has 168 valence electrons. The van der Waals surface area contributed by atoms with Crippen molar-refractivity contribution in [1.82, 2.24) is 15.2 Å². The lowest BCUT2D eigenvalue weighted by Gasteiger charge is -2.26. The zero-order valence-corrected chi connectivity index (χ0v) is 19.4. The summed E-state index contributed by atoms with van der Waals surface area (Å²) in [5.74, 6) is 0.709. The molecule has 0 aliphatic rings. The molecule has 0 radical (unpaired) electrons. The van der Waals surface area contributed by atoms with Crippen molar-refractivity contribution in [3.63, 3.8) is 0 Å². The smallest absolute Gasteiger partial charge is 0.253 e. The van der Waals surface area contributed by atoms with Gasteiger partial charge in [-0.25, -0.2) is 0 Å². The summed E-state index contributed by atoms with van der Waals surface area (Å²) in [6.45, 7) is 1.74. The molecule has 0 saturated heterocycles. The van der Waals surface area contributed by atoms with Crippen LogP contribution >= 0.6 is 12.2 Å². The molecule has 2 N–H and O–H groups in total. The Kier molecular flexibility index (Phi) is 7.37. The van der Waals surface area contributed by atoms with Gasteiger partial charge in [0.1, 0.15) is 5.75 Å². The first-order valence-corrected chi connectivity index (χ1v) is 11.3. The molecule has 3 aromatic carbocycles. The summed E-state index contributed by atoms with van der Waals surface area (Å²) >= 11 is 5.75. The predicted molar refractivity (Wildman–Crippen MR) is 138 cm³/mol. The van der Waals surface area contributed by atoms with Crippen LogP contribution in [-0.2, 0) is 19.5 Å². The normalized spacial score (nSPS) is 10.7. The number of methoxy groups -OCH3 is 1. The topological polar surface area (TPSA) is 57.4 Å². The number of fused-ring (bicyclic) bond motifs is 1. The second-order valence-corrected chi connectivity index (χ2v) is 8.27. The number of hydrogen-bond acceptors (Lipinski definition) is 3. The van der Waals surface area contributed by atoms with Gasteiger partial charge in [0.15, 0.2) is 5.11 Å². The molecule has 1 aromatic heterocycles. The third-order valence-electron chi connectivity index (χ3n) is 5.53. The van der Waals surface area contributed by atoms with Gasteiger partial charge in [-0.1, -0.05) is 60.7 Å². The molecule has 0 amide bonds. The van der Waals surface area contributed by atoms with Gasteiger partial charge in [0.2, 0.25) is 0 Å². The Balaban J connectivity index is 1.53. The number of rotatable bonds is 8. The lowest BCUT2D eigenvalue weighted by atomic mass is 10.1. The lowest BCUT2D eigenvalue weighted by molar-refractivity contribution is 0.397. The van der Waals surface area contributed by atoms with Gasteiger partial charge in [0.05, 0.1) is 19.2 Å². The standard InChI is InChI=1S/C27H27N3O2S/c1-32-24-13-12-22-16-23(26(31)29-25(22)17-24)19-30(18-21-10-6-3-7-11-21)27(33)28-15-14-20-8-4-2-5-9-20/h2-13,16-17H,14-15,18-19H2,1H3,(H,28,33)(H,29,31). The molecule has 0 unspecified atom stereocenters. The Labute approximate surface area is 199 Å². The molecular formula is C27H27N3O2S. The zero-order valence-electron chi connectivity index (χ0n) is 18.6. The number of nitrogens with one attached hydrogen (secondary N) is 2. The summed E-state index contributed by atoms with van der Waals surface area (Å²) in [5.41, 5.74) is 3.67. The van der Waals surface area contributed by atoms with E-state index in [-0.39, 0.29) is 5.56 Å². The Hall–Kier alpha value is -3.64. The maximum absolute atomic E-state index is 12.9. The Bertz CT molecular complexity index is 1270. The molecule has 0 aliphatic carbocycles. The molecule has 1 heterocycles. The summed E-state index contributed by atoms with van der Waals surface area (Å²) < 4.78 is 5.27. The van der Waals surface area contributed by atoms with Crippen LogP contribution in [0.25, 0.3) is 10.9 Å². The first kappa shape index (κ1) is 22.6. The summed E-state index contributed by atoms with van der Waals surface area (Å²) in [7, 11) is 1.61. The van der Waals surface area contributed by atoms with Crippen LogP contribution in [0.1, 0.15) is 16.7 Å². The fourth-order valence-electron chi connectivity index (χ4n) is 3.75. The van der Waals surface area contributed by atoms with E-state index in [1.807, 2.05) is 65.6 Å². The van der Waals surface area contributed by atoms with Gasteiger partial charge < -0.3 is 19.9 Å². The molecule has 0 bridgehead atoms. The maximum atomic E-state index is 12.9. The monoisotopic (exact) mass is 457 g/mol. The first-order chi connectivity index (χ1) is 16.1. The van der Waals surface area contributed by atoms with Gasteiger partial charge in [-0.15, -0.1) is 0 Å². The number of pyridine rings is 1. The van der Waals surface area contributed by atoms with Gasteiger partial charge in [-0.05, 0) is 53.4 Å². The summed E-state index contributed by atoms with van der Waals surface area (Å²) in [5, 5.41) is 4.95. The van der Waals surface area contributed by atoms with Gasteiger partial charge in [0, 0.05) is 24.7 Å². The average molecular weight is 458 g/mol. The van der Waals surface area contributed by atoms with E-state index in [1.54, 1.807) is 7.11 Å². The van der Waals surface area contributed by atoms with Crippen molar-refractivity contribution in [2.75, 3.05) is 13.7 Å². The number of thiocarbonyl (C=S) groups is 1. The minimum atomic E-state index is -0.124. The van der Waals surface area contributed by atoms with E-state index in [1.165, 1.54) is 5.56 Å². The average Bonchev–Trinajstić information content (AvgIpc) is 2.85. The Morgan fingerprint density at radius 1 is 0.939 bits per heavy atom. The van der Waals surface area contributed by atoms with Crippen LogP contribution in [-0.4, -0.2) is 28.7 Å². The lowest BCUT2D eigenvalue weighted by Crippen LogP contribution is -2.40. The highest BCUT2D eigenvalue weighted by molar-refractivity contribution is 7.80. The highest BCUT2D eigenvalue weighted by atomic mass is 32.1. The second kappa shape index (κ2) is 10.8. The van der Waals surface area contributed by atoms with Crippen molar-refractivity contribution in [3.05, 3.63) is 112 Å². The molecular weight excluding hydrogens is 430 g/mol. The van der Waals surface area contributed by atoms with E-state index in [4.69, 9.17) is 17.0 Å². The number of nitrogens with zero attached hydrogens (tertiary/aromatic N) is 1. The van der Waals surface area contributed by atoms with Gasteiger partial charge in [-0.2, -0.15) is 0 Å². The van der Waals surface area contributed by atoms with Crippen molar-refractivity contribution in [1.29, 1.82) is 0 Å². The molecule has 0 saturated carbocycles.